The number of nitro groups is 1. The maximum atomic E-state index is 12.1. The van der Waals surface area contributed by atoms with Crippen molar-refractivity contribution in [3.8, 4) is 0 Å². The van der Waals surface area contributed by atoms with E-state index in [-0.39, 0.29) is 23.4 Å². The van der Waals surface area contributed by atoms with Crippen LogP contribution in [-0.2, 0) is 6.54 Å². The number of nitro benzene ring substituents is 1. The van der Waals surface area contributed by atoms with Crippen LogP contribution in [0.25, 0.3) is 0 Å². The van der Waals surface area contributed by atoms with Crippen molar-refractivity contribution < 1.29 is 18.9 Å². The Morgan fingerprint density at radius 3 is 2.55 bits per heavy atom. The number of furan rings is 1. The van der Waals surface area contributed by atoms with E-state index in [0.717, 1.165) is 11.0 Å². The summed E-state index contributed by atoms with van der Waals surface area (Å²) in [6.45, 7) is 0.00709. The van der Waals surface area contributed by atoms with Crippen molar-refractivity contribution in [2.24, 2.45) is 0 Å². The van der Waals surface area contributed by atoms with E-state index in [0.29, 0.717) is 5.76 Å². The van der Waals surface area contributed by atoms with E-state index in [2.05, 4.69) is 0 Å². The number of carbonyl (C=O) groups excluding carboxylic acids is 2. The van der Waals surface area contributed by atoms with Crippen molar-refractivity contribution >= 4 is 17.5 Å². The highest BCUT2D eigenvalue weighted by molar-refractivity contribution is 6.21. The molecule has 2 heterocycles. The number of non-ortho nitro benzene ring substituents is 1. The first-order chi connectivity index (χ1) is 9.58. The molecule has 0 atom stereocenters. The van der Waals surface area contributed by atoms with Crippen molar-refractivity contribution in [2.45, 2.75) is 6.54 Å². The Hall–Kier alpha value is -2.96. The van der Waals surface area contributed by atoms with Gasteiger partial charge in [0, 0.05) is 12.1 Å². The van der Waals surface area contributed by atoms with Gasteiger partial charge in [0.25, 0.3) is 17.5 Å². The predicted octanol–water partition coefficient (Wildman–Crippen LogP) is 1.98. The molecule has 2 amide bonds. The van der Waals surface area contributed by atoms with E-state index < -0.39 is 16.7 Å². The first-order valence-electron chi connectivity index (χ1n) is 5.75. The molecule has 1 aliphatic rings. The van der Waals surface area contributed by atoms with E-state index in [4.69, 9.17) is 4.42 Å². The second kappa shape index (κ2) is 4.30. The smallest absolute Gasteiger partial charge is 0.270 e. The van der Waals surface area contributed by atoms with Crippen LogP contribution >= 0.6 is 0 Å². The zero-order chi connectivity index (χ0) is 14.3. The zero-order valence-electron chi connectivity index (χ0n) is 10.1. The third-order valence-corrected chi connectivity index (χ3v) is 3.06. The topological polar surface area (TPSA) is 93.7 Å². The van der Waals surface area contributed by atoms with Gasteiger partial charge in [0.2, 0.25) is 0 Å². The molecule has 0 bridgehead atoms. The van der Waals surface area contributed by atoms with Crippen molar-refractivity contribution in [2.75, 3.05) is 0 Å². The van der Waals surface area contributed by atoms with Crippen LogP contribution in [0, 0.1) is 10.1 Å². The lowest BCUT2D eigenvalue weighted by Gasteiger charge is -2.11. The first-order valence-corrected chi connectivity index (χ1v) is 5.75. The Morgan fingerprint density at radius 1 is 1.15 bits per heavy atom. The molecule has 0 N–H and O–H groups in total. The second-order valence-electron chi connectivity index (χ2n) is 4.26. The average Bonchev–Trinajstić information content (AvgIpc) is 3.02. The largest absolute Gasteiger partial charge is 0.467 e. The molecule has 0 fully saturated rings. The first kappa shape index (κ1) is 12.1. The third kappa shape index (κ3) is 1.76. The van der Waals surface area contributed by atoms with Crippen LogP contribution in [0.4, 0.5) is 5.69 Å². The van der Waals surface area contributed by atoms with Gasteiger partial charge >= 0.3 is 0 Å². The van der Waals surface area contributed by atoms with Crippen LogP contribution in [0.3, 0.4) is 0 Å². The molecule has 1 aromatic carbocycles. The summed E-state index contributed by atoms with van der Waals surface area (Å²) in [5.74, 6) is -0.560. The van der Waals surface area contributed by atoms with Gasteiger partial charge in [-0.05, 0) is 18.2 Å². The molecule has 20 heavy (non-hydrogen) atoms. The van der Waals surface area contributed by atoms with Crippen LogP contribution in [0.2, 0.25) is 0 Å². The van der Waals surface area contributed by atoms with E-state index in [1.807, 2.05) is 0 Å². The summed E-state index contributed by atoms with van der Waals surface area (Å²) in [6, 6.07) is 6.93. The van der Waals surface area contributed by atoms with Crippen LogP contribution in [-0.4, -0.2) is 21.6 Å². The van der Waals surface area contributed by atoms with Gasteiger partial charge in [0.15, 0.2) is 0 Å². The van der Waals surface area contributed by atoms with Crippen LogP contribution < -0.4 is 0 Å². The highest BCUT2D eigenvalue weighted by Crippen LogP contribution is 2.27. The molecule has 0 radical (unpaired) electrons. The summed E-state index contributed by atoms with van der Waals surface area (Å²) < 4.78 is 5.10. The summed E-state index contributed by atoms with van der Waals surface area (Å²) in [5.41, 5.74) is 0.00709. The Bertz CT molecular complexity index is 720. The number of benzene rings is 1. The summed E-state index contributed by atoms with van der Waals surface area (Å²) in [7, 11) is 0. The molecule has 0 unspecified atom stereocenters. The van der Waals surface area contributed by atoms with E-state index in [9.17, 15) is 19.7 Å². The maximum absolute atomic E-state index is 12.1. The molecule has 2 aromatic rings. The molecule has 7 nitrogen and oxygen atoms in total. The quantitative estimate of drug-likeness (QED) is 0.483. The Balaban J connectivity index is 1.97. The lowest BCUT2D eigenvalue weighted by Crippen LogP contribution is -2.28. The molecular formula is C13H8N2O5. The number of fused-ring (bicyclic) bond motifs is 1. The Kier molecular flexibility index (Phi) is 2.60. The lowest BCUT2D eigenvalue weighted by atomic mass is 10.1. The molecule has 0 saturated carbocycles. The standard InChI is InChI=1S/C13H8N2O5/c16-12-10-4-3-8(15(18)19)6-11(10)13(17)14(12)7-9-2-1-5-20-9/h1-6H,7H2. The minimum Gasteiger partial charge on any atom is -0.467 e. The Morgan fingerprint density at radius 2 is 1.90 bits per heavy atom. The molecule has 3 rings (SSSR count). The van der Waals surface area contributed by atoms with Gasteiger partial charge in [0.05, 0.1) is 28.9 Å². The third-order valence-electron chi connectivity index (χ3n) is 3.06. The number of carbonyl (C=O) groups is 2. The van der Waals surface area contributed by atoms with Gasteiger partial charge in [-0.2, -0.15) is 0 Å². The molecule has 7 heteroatoms. The fourth-order valence-corrected chi connectivity index (χ4v) is 2.09. The number of amides is 2. The fraction of sp³-hybridized carbons (Fsp3) is 0.0769. The van der Waals surface area contributed by atoms with E-state index in [1.165, 1.54) is 18.4 Å². The van der Waals surface area contributed by atoms with Crippen LogP contribution in [0.1, 0.15) is 26.5 Å². The SMILES string of the molecule is O=C1c2ccc([N+](=O)[O-])cc2C(=O)N1Cc1ccco1. The molecular weight excluding hydrogens is 264 g/mol. The number of hydrogen-bond acceptors (Lipinski definition) is 5. The van der Waals surface area contributed by atoms with Crippen molar-refractivity contribution in [1.82, 2.24) is 4.90 Å². The number of nitrogens with zero attached hydrogens (tertiary/aromatic N) is 2. The lowest BCUT2D eigenvalue weighted by molar-refractivity contribution is -0.384. The Labute approximate surface area is 112 Å². The molecule has 100 valence electrons. The zero-order valence-corrected chi connectivity index (χ0v) is 10.1. The van der Waals surface area contributed by atoms with E-state index >= 15 is 0 Å². The number of hydrogen-bond donors (Lipinski definition) is 0. The number of rotatable bonds is 3. The normalized spacial score (nSPS) is 13.7. The monoisotopic (exact) mass is 272 g/mol. The fourth-order valence-electron chi connectivity index (χ4n) is 2.09. The second-order valence-corrected chi connectivity index (χ2v) is 4.26. The summed E-state index contributed by atoms with van der Waals surface area (Å²) in [5, 5.41) is 10.7. The van der Waals surface area contributed by atoms with Gasteiger partial charge in [-0.3, -0.25) is 24.6 Å². The van der Waals surface area contributed by atoms with Crippen molar-refractivity contribution in [3.63, 3.8) is 0 Å². The number of imide groups is 1. The molecule has 0 saturated heterocycles. The van der Waals surface area contributed by atoms with Gasteiger partial charge in [0.1, 0.15) is 5.76 Å². The van der Waals surface area contributed by atoms with Crippen molar-refractivity contribution in [3.05, 3.63) is 63.6 Å². The highest BCUT2D eigenvalue weighted by atomic mass is 16.6. The van der Waals surface area contributed by atoms with Crippen molar-refractivity contribution in [1.29, 1.82) is 0 Å². The van der Waals surface area contributed by atoms with Crippen LogP contribution in [0.15, 0.2) is 41.0 Å². The van der Waals surface area contributed by atoms with Gasteiger partial charge in [-0.1, -0.05) is 0 Å². The highest BCUT2D eigenvalue weighted by Gasteiger charge is 2.37. The summed E-state index contributed by atoms with van der Waals surface area (Å²) >= 11 is 0. The summed E-state index contributed by atoms with van der Waals surface area (Å²) in [4.78, 5) is 35.4. The minimum absolute atomic E-state index is 0.00709. The van der Waals surface area contributed by atoms with Gasteiger partial charge in [-0.25, -0.2) is 0 Å². The van der Waals surface area contributed by atoms with E-state index in [1.54, 1.807) is 12.1 Å². The minimum atomic E-state index is -0.604. The predicted molar refractivity (Wildman–Crippen MR) is 66.0 cm³/mol. The maximum Gasteiger partial charge on any atom is 0.270 e. The summed E-state index contributed by atoms with van der Waals surface area (Å²) in [6.07, 6.45) is 1.44. The van der Waals surface area contributed by atoms with Gasteiger partial charge in [-0.15, -0.1) is 0 Å². The molecule has 1 aromatic heterocycles. The van der Waals surface area contributed by atoms with Gasteiger partial charge < -0.3 is 4.42 Å². The molecule has 1 aliphatic heterocycles. The van der Waals surface area contributed by atoms with Crippen LogP contribution in [0.5, 0.6) is 0 Å². The molecule has 0 spiro atoms. The average molecular weight is 272 g/mol. The molecule has 0 aliphatic carbocycles.